The van der Waals surface area contributed by atoms with Gasteiger partial charge >= 0.3 is 0 Å². The Labute approximate surface area is 376 Å². The predicted molar refractivity (Wildman–Crippen MR) is 271 cm³/mol. The minimum absolute atomic E-state index is 0.194. The number of allylic oxidation sites excluding steroid dienone is 17. The van der Waals surface area contributed by atoms with Crippen molar-refractivity contribution in [1.29, 1.82) is 0 Å². The van der Waals surface area contributed by atoms with Crippen LogP contribution in [0.15, 0.2) is 254 Å². The van der Waals surface area contributed by atoms with E-state index >= 15 is 0 Å². The molecule has 64 heavy (non-hydrogen) atoms. The minimum atomic E-state index is 0.194. The molecule has 5 atom stereocenters. The Morgan fingerprint density at radius 3 is 1.86 bits per heavy atom. The van der Waals surface area contributed by atoms with Crippen LogP contribution in [0.5, 0.6) is 0 Å². The lowest BCUT2D eigenvalue weighted by molar-refractivity contribution is 0.654. The lowest BCUT2D eigenvalue weighted by Gasteiger charge is -2.36. The van der Waals surface area contributed by atoms with Gasteiger partial charge in [0.2, 0.25) is 0 Å². The van der Waals surface area contributed by atoms with Crippen LogP contribution in [0.4, 0.5) is 0 Å². The number of hydrogen-bond donors (Lipinski definition) is 0. The quantitative estimate of drug-likeness (QED) is 0.150. The molecule has 0 N–H and O–H groups in total. The molecule has 0 heterocycles. The number of hydrogen-bond acceptors (Lipinski definition) is 0. The molecule has 7 aromatic carbocycles. The van der Waals surface area contributed by atoms with Gasteiger partial charge in [-0.15, -0.1) is 0 Å². The highest BCUT2D eigenvalue weighted by atomic mass is 14.4. The van der Waals surface area contributed by atoms with Gasteiger partial charge in [-0.2, -0.15) is 0 Å². The molecule has 0 aliphatic heterocycles. The highest BCUT2D eigenvalue weighted by Crippen LogP contribution is 2.47. The Balaban J connectivity index is 0.981. The van der Waals surface area contributed by atoms with E-state index < -0.39 is 0 Å². The molecule has 0 amide bonds. The zero-order chi connectivity index (χ0) is 42.4. The fourth-order valence-electron chi connectivity index (χ4n) is 11.3. The van der Waals surface area contributed by atoms with E-state index in [0.29, 0.717) is 0 Å². The Kier molecular flexibility index (Phi) is 9.72. The van der Waals surface area contributed by atoms with Gasteiger partial charge in [-0.3, -0.25) is 0 Å². The second-order valence-corrected chi connectivity index (χ2v) is 17.8. The van der Waals surface area contributed by atoms with Gasteiger partial charge < -0.3 is 0 Å². The van der Waals surface area contributed by atoms with Crippen molar-refractivity contribution in [2.45, 2.75) is 12.3 Å². The van der Waals surface area contributed by atoms with Crippen molar-refractivity contribution in [1.82, 2.24) is 0 Å². The average Bonchev–Trinajstić information content (AvgIpc) is 3.37. The van der Waals surface area contributed by atoms with E-state index in [4.69, 9.17) is 0 Å². The molecule has 5 aliphatic rings. The van der Waals surface area contributed by atoms with Gasteiger partial charge in [-0.1, -0.05) is 249 Å². The summed E-state index contributed by atoms with van der Waals surface area (Å²) in [5.74, 6) is 1.25. The van der Waals surface area contributed by atoms with Crippen LogP contribution in [0.3, 0.4) is 0 Å². The van der Waals surface area contributed by atoms with Crippen molar-refractivity contribution in [2.24, 2.45) is 23.7 Å². The maximum absolute atomic E-state index is 2.50. The SMILES string of the molecule is C1=CC2C(C=Cc3ccc(C4=c5ccccc5=C(C5=CC(c6ccccc6)=CC(c6ccccc6)C5)C5C=CC=CC45)c4ccccc34)=CC=C(c3cccc4ccccc34)C2C=C1. The third kappa shape index (κ3) is 6.70. The Bertz CT molecular complexity index is 3400. The van der Waals surface area contributed by atoms with E-state index in [0.717, 1.165) is 6.42 Å². The van der Waals surface area contributed by atoms with E-state index in [1.807, 2.05) is 0 Å². The highest BCUT2D eigenvalue weighted by Gasteiger charge is 2.35. The lowest BCUT2D eigenvalue weighted by Crippen LogP contribution is -2.40. The van der Waals surface area contributed by atoms with Gasteiger partial charge in [-0.25, -0.2) is 0 Å². The molecule has 5 aliphatic carbocycles. The molecule has 7 aromatic rings. The minimum Gasteiger partial charge on any atom is -0.0761 e. The van der Waals surface area contributed by atoms with E-state index in [-0.39, 0.29) is 29.6 Å². The zero-order valence-corrected chi connectivity index (χ0v) is 35.8. The molecule has 12 rings (SSSR count). The van der Waals surface area contributed by atoms with E-state index in [2.05, 4.69) is 249 Å². The second-order valence-electron chi connectivity index (χ2n) is 17.8. The first-order chi connectivity index (χ1) is 31.8. The molecule has 0 bridgehead atoms. The monoisotopic (exact) mass is 816 g/mol. The Morgan fingerprint density at radius 2 is 1.06 bits per heavy atom. The van der Waals surface area contributed by atoms with Crippen LogP contribution < -0.4 is 10.4 Å². The Hall–Kier alpha value is -7.54. The molecule has 0 heteroatoms. The molecule has 0 spiro atoms. The molecule has 0 aromatic heterocycles. The van der Waals surface area contributed by atoms with Crippen LogP contribution in [-0.4, -0.2) is 0 Å². The largest absolute Gasteiger partial charge is 0.0761 e. The van der Waals surface area contributed by atoms with Crippen molar-refractivity contribution in [3.05, 3.63) is 292 Å². The van der Waals surface area contributed by atoms with Gasteiger partial charge in [0.05, 0.1) is 0 Å². The van der Waals surface area contributed by atoms with Crippen LogP contribution in [0.1, 0.15) is 40.2 Å². The van der Waals surface area contributed by atoms with Gasteiger partial charge in [0, 0.05) is 29.6 Å². The van der Waals surface area contributed by atoms with Crippen LogP contribution in [-0.2, 0) is 0 Å². The molecule has 0 radical (unpaired) electrons. The summed E-state index contributed by atoms with van der Waals surface area (Å²) in [5, 5.41) is 7.86. The Morgan fingerprint density at radius 1 is 0.438 bits per heavy atom. The summed E-state index contributed by atoms with van der Waals surface area (Å²) in [6.07, 6.45) is 34.1. The third-order valence-corrected chi connectivity index (χ3v) is 14.3. The van der Waals surface area contributed by atoms with Gasteiger partial charge in [0.1, 0.15) is 0 Å². The van der Waals surface area contributed by atoms with E-state index in [1.54, 1.807) is 0 Å². The maximum atomic E-state index is 2.50. The first-order valence-electron chi connectivity index (χ1n) is 22.9. The van der Waals surface area contributed by atoms with Crippen LogP contribution in [0.2, 0.25) is 0 Å². The summed E-state index contributed by atoms with van der Waals surface area (Å²) in [7, 11) is 0. The summed E-state index contributed by atoms with van der Waals surface area (Å²) in [6.45, 7) is 0. The standard InChI is InChI=1S/C64H48/c1-3-18-43(19-4-1)48-40-49(44-20-5-2-6-21-44)42-50(41-48)63-58-29-13-15-31-60(58)64(61-32-16-14-30-59(61)63)62-39-37-47(53-26-10-12-28-56(53)62)35-34-46-36-38-57(54-27-11-9-25-52(46)54)55-33-17-23-45-22-7-8-24-51(45)55/h1-41,49,52,54,58,60H,42H2. The summed E-state index contributed by atoms with van der Waals surface area (Å²) in [6, 6.07) is 60.5. The van der Waals surface area contributed by atoms with Crippen molar-refractivity contribution >= 4 is 49.9 Å². The first kappa shape index (κ1) is 38.2. The van der Waals surface area contributed by atoms with Gasteiger partial charge in [-0.05, 0) is 99.7 Å². The highest BCUT2D eigenvalue weighted by molar-refractivity contribution is 6.01. The average molecular weight is 817 g/mol. The molecule has 0 saturated heterocycles. The third-order valence-electron chi connectivity index (χ3n) is 14.3. The van der Waals surface area contributed by atoms with Crippen molar-refractivity contribution in [3.8, 4) is 0 Å². The molecular weight excluding hydrogens is 769 g/mol. The number of benzene rings is 7. The molecule has 0 fully saturated rings. The molecule has 0 saturated carbocycles. The van der Waals surface area contributed by atoms with Crippen LogP contribution in [0.25, 0.3) is 49.9 Å². The fraction of sp³-hybridized carbons (Fsp3) is 0.0938. The van der Waals surface area contributed by atoms with Crippen molar-refractivity contribution < 1.29 is 0 Å². The normalized spacial score (nSPS) is 22.2. The summed E-state index contributed by atoms with van der Waals surface area (Å²) in [5.41, 5.74) is 14.8. The first-order valence-corrected chi connectivity index (χ1v) is 22.9. The fourth-order valence-corrected chi connectivity index (χ4v) is 11.3. The molecule has 304 valence electrons. The maximum Gasteiger partial charge on any atom is 0.0137 e. The smallest absolute Gasteiger partial charge is 0.0137 e. The molecule has 0 nitrogen and oxygen atoms in total. The van der Waals surface area contributed by atoms with Crippen molar-refractivity contribution in [3.63, 3.8) is 0 Å². The summed E-state index contributed by atoms with van der Waals surface area (Å²) < 4.78 is 0. The van der Waals surface area contributed by atoms with Gasteiger partial charge in [0.25, 0.3) is 0 Å². The van der Waals surface area contributed by atoms with Crippen LogP contribution in [0, 0.1) is 23.7 Å². The zero-order valence-electron chi connectivity index (χ0n) is 35.8. The van der Waals surface area contributed by atoms with Crippen LogP contribution >= 0.6 is 0 Å². The van der Waals surface area contributed by atoms with E-state index in [9.17, 15) is 0 Å². The predicted octanol–water partition coefficient (Wildman–Crippen LogP) is 14.3. The summed E-state index contributed by atoms with van der Waals surface area (Å²) in [4.78, 5) is 0. The second kappa shape index (κ2) is 16.3. The number of rotatable bonds is 7. The van der Waals surface area contributed by atoms with E-state index in [1.165, 1.54) is 93.2 Å². The molecular formula is C64H48. The topological polar surface area (TPSA) is 0 Å². The lowest BCUT2D eigenvalue weighted by atomic mass is 9.67. The number of fused-ring (bicyclic) bond motifs is 5. The van der Waals surface area contributed by atoms with Gasteiger partial charge in [0.15, 0.2) is 0 Å². The summed E-state index contributed by atoms with van der Waals surface area (Å²) >= 11 is 0. The van der Waals surface area contributed by atoms with Crippen molar-refractivity contribution in [2.75, 3.05) is 0 Å². The molecule has 5 unspecified atom stereocenters.